The number of nitrogen functional groups attached to an aromatic ring is 1. The first-order valence-electron chi connectivity index (χ1n) is 5.65. The van der Waals surface area contributed by atoms with E-state index >= 15 is 0 Å². The second-order valence-electron chi connectivity index (χ2n) is 4.33. The Morgan fingerprint density at radius 2 is 2.22 bits per heavy atom. The van der Waals surface area contributed by atoms with Crippen LogP contribution in [0.4, 0.5) is 16.2 Å². The van der Waals surface area contributed by atoms with Crippen molar-refractivity contribution in [3.05, 3.63) is 18.1 Å². The molecule has 0 aliphatic heterocycles. The molecule has 2 rings (SSSR count). The molecule has 0 aliphatic rings. The van der Waals surface area contributed by atoms with Crippen molar-refractivity contribution < 1.29 is 4.39 Å². The van der Waals surface area contributed by atoms with Crippen LogP contribution in [0.1, 0.15) is 13.8 Å². The number of nitrogens with zero attached hydrogens (tertiary/aromatic N) is 3. The molecule has 0 atom stereocenters. The summed E-state index contributed by atoms with van der Waals surface area (Å²) in [5.74, 6) is -0.110. The Labute approximate surface area is 104 Å². The van der Waals surface area contributed by atoms with Gasteiger partial charge in [-0.15, -0.1) is 0 Å². The maximum atomic E-state index is 13.8. The largest absolute Gasteiger partial charge is 0.381 e. The van der Waals surface area contributed by atoms with E-state index in [4.69, 9.17) is 5.73 Å². The first-order chi connectivity index (χ1) is 8.58. The first kappa shape index (κ1) is 12.3. The molecule has 6 nitrogen and oxygen atoms in total. The minimum absolute atomic E-state index is 0.0926. The second-order valence-corrected chi connectivity index (χ2v) is 4.33. The van der Waals surface area contributed by atoms with Gasteiger partial charge in [-0.05, 0) is 12.0 Å². The smallest absolute Gasteiger partial charge is 0.225 e. The number of rotatable bonds is 4. The molecule has 0 radical (unpaired) electrons. The molecule has 2 heterocycles. The molecule has 18 heavy (non-hydrogen) atoms. The summed E-state index contributed by atoms with van der Waals surface area (Å²) in [6.45, 7) is 4.79. The number of anilines is 2. The van der Waals surface area contributed by atoms with Crippen molar-refractivity contribution in [1.29, 1.82) is 0 Å². The van der Waals surface area contributed by atoms with Crippen LogP contribution in [0.15, 0.2) is 12.3 Å². The lowest BCUT2D eigenvalue weighted by molar-refractivity contribution is 0.622. The van der Waals surface area contributed by atoms with Gasteiger partial charge in [-0.3, -0.25) is 5.10 Å². The average Bonchev–Trinajstić information content (AvgIpc) is 2.84. The highest BCUT2D eigenvalue weighted by Gasteiger charge is 2.15. The monoisotopic (exact) mass is 250 g/mol. The molecular formula is C11H15FN6. The van der Waals surface area contributed by atoms with Crippen LogP contribution in [0.3, 0.4) is 0 Å². The first-order valence-corrected chi connectivity index (χ1v) is 5.65. The van der Waals surface area contributed by atoms with E-state index < -0.39 is 5.82 Å². The van der Waals surface area contributed by atoms with Gasteiger partial charge in [0.2, 0.25) is 5.95 Å². The van der Waals surface area contributed by atoms with Crippen molar-refractivity contribution in [2.24, 2.45) is 5.92 Å². The van der Waals surface area contributed by atoms with Gasteiger partial charge >= 0.3 is 0 Å². The molecule has 0 fully saturated rings. The number of nitrogens with two attached hydrogens (primary N) is 1. The summed E-state index contributed by atoms with van der Waals surface area (Å²) >= 11 is 0. The lowest BCUT2D eigenvalue weighted by atomic mass is 10.2. The minimum atomic E-state index is -0.655. The third-order valence-corrected chi connectivity index (χ3v) is 2.29. The lowest BCUT2D eigenvalue weighted by Crippen LogP contribution is -2.13. The van der Waals surface area contributed by atoms with Crippen LogP contribution in [0.25, 0.3) is 11.4 Å². The SMILES string of the molecule is CC(C)CNc1nc(N)c(F)c(-c2cc[nH]n2)n1. The standard InChI is InChI=1S/C11H15FN6/c1-6(2)5-14-11-16-9(7-3-4-15-18-7)8(12)10(13)17-11/h3-4,6H,5H2,1-2H3,(H,15,18)(H3,13,14,16,17). The Kier molecular flexibility index (Phi) is 3.40. The molecule has 0 spiro atoms. The topological polar surface area (TPSA) is 92.5 Å². The van der Waals surface area contributed by atoms with E-state index in [1.165, 1.54) is 0 Å². The fourth-order valence-electron chi connectivity index (χ4n) is 1.40. The van der Waals surface area contributed by atoms with Crippen LogP contribution in [0.5, 0.6) is 0 Å². The summed E-state index contributed by atoms with van der Waals surface area (Å²) in [4.78, 5) is 7.95. The average molecular weight is 250 g/mol. The van der Waals surface area contributed by atoms with Crippen molar-refractivity contribution in [2.75, 3.05) is 17.6 Å². The Balaban J connectivity index is 2.34. The van der Waals surface area contributed by atoms with E-state index in [2.05, 4.69) is 39.3 Å². The molecule has 0 bridgehead atoms. The van der Waals surface area contributed by atoms with E-state index in [1.54, 1.807) is 12.3 Å². The van der Waals surface area contributed by atoms with Crippen LogP contribution in [-0.4, -0.2) is 26.7 Å². The second kappa shape index (κ2) is 4.99. The van der Waals surface area contributed by atoms with Gasteiger partial charge in [0.05, 0.1) is 0 Å². The van der Waals surface area contributed by atoms with Crippen molar-refractivity contribution in [2.45, 2.75) is 13.8 Å². The van der Waals surface area contributed by atoms with Crippen LogP contribution in [0, 0.1) is 11.7 Å². The van der Waals surface area contributed by atoms with Crippen LogP contribution in [0.2, 0.25) is 0 Å². The molecule has 7 heteroatoms. The van der Waals surface area contributed by atoms with Gasteiger partial charge in [-0.1, -0.05) is 13.8 Å². The molecule has 0 amide bonds. The quantitative estimate of drug-likeness (QED) is 0.767. The van der Waals surface area contributed by atoms with Gasteiger partial charge in [0.25, 0.3) is 0 Å². The zero-order chi connectivity index (χ0) is 13.1. The van der Waals surface area contributed by atoms with Gasteiger partial charge in [0.1, 0.15) is 11.4 Å². The Morgan fingerprint density at radius 1 is 1.44 bits per heavy atom. The zero-order valence-corrected chi connectivity index (χ0v) is 10.2. The molecule has 96 valence electrons. The maximum Gasteiger partial charge on any atom is 0.225 e. The molecule has 0 unspecified atom stereocenters. The fraction of sp³-hybridized carbons (Fsp3) is 0.364. The minimum Gasteiger partial charge on any atom is -0.381 e. The molecule has 0 saturated carbocycles. The Bertz CT molecular complexity index is 523. The summed E-state index contributed by atoms with van der Waals surface area (Å²) in [7, 11) is 0. The maximum absolute atomic E-state index is 13.8. The fourth-order valence-corrected chi connectivity index (χ4v) is 1.40. The molecular weight excluding hydrogens is 235 g/mol. The Morgan fingerprint density at radius 3 is 2.83 bits per heavy atom. The third kappa shape index (κ3) is 2.55. The highest BCUT2D eigenvalue weighted by atomic mass is 19.1. The lowest BCUT2D eigenvalue weighted by Gasteiger charge is -2.09. The van der Waals surface area contributed by atoms with Gasteiger partial charge in [0.15, 0.2) is 11.6 Å². The predicted molar refractivity (Wildman–Crippen MR) is 67.3 cm³/mol. The number of hydrogen-bond acceptors (Lipinski definition) is 5. The highest BCUT2D eigenvalue weighted by Crippen LogP contribution is 2.22. The van der Waals surface area contributed by atoms with Crippen molar-refractivity contribution >= 4 is 11.8 Å². The van der Waals surface area contributed by atoms with E-state index in [-0.39, 0.29) is 11.5 Å². The Hall–Kier alpha value is -2.18. The van der Waals surface area contributed by atoms with Crippen LogP contribution < -0.4 is 11.1 Å². The van der Waals surface area contributed by atoms with E-state index in [0.717, 1.165) is 0 Å². The van der Waals surface area contributed by atoms with Gasteiger partial charge in [-0.25, -0.2) is 9.37 Å². The van der Waals surface area contributed by atoms with Gasteiger partial charge < -0.3 is 11.1 Å². The van der Waals surface area contributed by atoms with E-state index in [1.807, 2.05) is 0 Å². The van der Waals surface area contributed by atoms with Crippen LogP contribution >= 0.6 is 0 Å². The number of aromatic nitrogens is 4. The summed E-state index contributed by atoms with van der Waals surface area (Å²) in [5.41, 5.74) is 6.02. The number of hydrogen-bond donors (Lipinski definition) is 3. The molecule has 0 saturated heterocycles. The summed E-state index contributed by atoms with van der Waals surface area (Å²) < 4.78 is 13.8. The van der Waals surface area contributed by atoms with Crippen molar-refractivity contribution in [1.82, 2.24) is 20.2 Å². The molecule has 0 aliphatic carbocycles. The van der Waals surface area contributed by atoms with Crippen LogP contribution in [-0.2, 0) is 0 Å². The predicted octanol–water partition coefficient (Wildman–Crippen LogP) is 1.66. The molecule has 4 N–H and O–H groups in total. The van der Waals surface area contributed by atoms with E-state index in [0.29, 0.717) is 24.1 Å². The van der Waals surface area contributed by atoms with Gasteiger partial charge in [0, 0.05) is 12.7 Å². The van der Waals surface area contributed by atoms with Gasteiger partial charge in [-0.2, -0.15) is 10.1 Å². The van der Waals surface area contributed by atoms with Crippen molar-refractivity contribution in [3.8, 4) is 11.4 Å². The zero-order valence-electron chi connectivity index (χ0n) is 10.2. The number of nitrogens with one attached hydrogen (secondary N) is 2. The number of aromatic amines is 1. The number of H-pyrrole nitrogens is 1. The molecule has 0 aromatic carbocycles. The summed E-state index contributed by atoms with van der Waals surface area (Å²) in [5, 5.41) is 9.50. The summed E-state index contributed by atoms with van der Waals surface area (Å²) in [6, 6.07) is 1.62. The third-order valence-electron chi connectivity index (χ3n) is 2.29. The summed E-state index contributed by atoms with van der Waals surface area (Å²) in [6.07, 6.45) is 1.59. The molecule has 2 aromatic rings. The van der Waals surface area contributed by atoms with E-state index in [9.17, 15) is 4.39 Å². The number of halogens is 1. The normalized spacial score (nSPS) is 10.9. The highest BCUT2D eigenvalue weighted by molar-refractivity contribution is 5.60. The van der Waals surface area contributed by atoms with Crippen molar-refractivity contribution in [3.63, 3.8) is 0 Å². The molecule has 2 aromatic heterocycles.